The smallest absolute Gasteiger partial charge is 0.273 e. The fraction of sp³-hybridized carbons (Fsp3) is 0.0476. The lowest BCUT2D eigenvalue weighted by Gasteiger charge is -2.10. The van der Waals surface area contributed by atoms with E-state index in [1.54, 1.807) is 6.07 Å². The van der Waals surface area contributed by atoms with Crippen molar-refractivity contribution in [3.63, 3.8) is 0 Å². The van der Waals surface area contributed by atoms with Crippen molar-refractivity contribution in [3.05, 3.63) is 75.7 Å². The molecule has 0 saturated carbocycles. The van der Waals surface area contributed by atoms with E-state index in [9.17, 15) is 10.5 Å². The van der Waals surface area contributed by atoms with E-state index in [4.69, 9.17) is 17.9 Å². The van der Waals surface area contributed by atoms with Crippen LogP contribution in [0.5, 0.6) is 5.75 Å². The largest absolute Gasteiger partial charge is 0.497 e. The molecule has 0 aliphatic carbocycles. The third-order valence-electron chi connectivity index (χ3n) is 4.11. The van der Waals surface area contributed by atoms with E-state index in [1.165, 1.54) is 7.11 Å². The number of nitrogens with zero attached hydrogens (tertiary/aromatic N) is 4. The van der Waals surface area contributed by atoms with Crippen LogP contribution in [0.15, 0.2) is 42.5 Å². The molecule has 0 unspecified atom stereocenters. The summed E-state index contributed by atoms with van der Waals surface area (Å²) in [5.74, 6) is 0.284. The molecule has 0 bridgehead atoms. The summed E-state index contributed by atoms with van der Waals surface area (Å²) in [5, 5.41) is 22.6. The van der Waals surface area contributed by atoms with Gasteiger partial charge in [-0.15, -0.1) is 0 Å². The maximum atomic E-state index is 9.38. The highest BCUT2D eigenvalue weighted by Crippen LogP contribution is 2.22. The van der Waals surface area contributed by atoms with Gasteiger partial charge in [0.2, 0.25) is 0 Å². The second kappa shape index (κ2) is 6.66. The maximum Gasteiger partial charge on any atom is 0.273 e. The van der Waals surface area contributed by atoms with Gasteiger partial charge >= 0.3 is 0 Å². The molecule has 0 aliphatic rings. The minimum atomic E-state index is -0.102. The lowest BCUT2D eigenvalue weighted by Crippen LogP contribution is -2.18. The molecule has 0 N–H and O–H groups in total. The average molecular weight is 334 g/mol. The van der Waals surface area contributed by atoms with E-state index in [0.29, 0.717) is 21.2 Å². The normalized spacial score (nSPS) is 12.3. The lowest BCUT2D eigenvalue weighted by atomic mass is 9.98. The van der Waals surface area contributed by atoms with Gasteiger partial charge in [0, 0.05) is 10.4 Å². The van der Waals surface area contributed by atoms with Crippen LogP contribution in [0, 0.1) is 35.8 Å². The van der Waals surface area contributed by atoms with Crippen molar-refractivity contribution < 1.29 is 4.74 Å². The number of rotatable bonds is 1. The fourth-order valence-electron chi connectivity index (χ4n) is 2.97. The fourth-order valence-corrected chi connectivity index (χ4v) is 2.97. The van der Waals surface area contributed by atoms with Gasteiger partial charge < -0.3 is 4.74 Å². The van der Waals surface area contributed by atoms with Crippen LogP contribution in [0.25, 0.3) is 42.6 Å². The minimum absolute atomic E-state index is 0.0727. The van der Waals surface area contributed by atoms with Crippen molar-refractivity contribution in [1.82, 2.24) is 0 Å². The summed E-state index contributed by atoms with van der Waals surface area (Å²) in [5.41, 5.74) is -0.175. The Morgan fingerprint density at radius 2 is 1.50 bits per heavy atom. The molecule has 26 heavy (non-hydrogen) atoms. The molecule has 3 aromatic carbocycles. The zero-order chi connectivity index (χ0) is 18.7. The van der Waals surface area contributed by atoms with Crippen molar-refractivity contribution in [2.24, 2.45) is 0 Å². The van der Waals surface area contributed by atoms with Crippen LogP contribution in [-0.2, 0) is 0 Å². The molecule has 0 aromatic heterocycles. The first-order valence-electron chi connectivity index (χ1n) is 7.51. The van der Waals surface area contributed by atoms with Gasteiger partial charge in [0.1, 0.15) is 5.75 Å². The van der Waals surface area contributed by atoms with Gasteiger partial charge in [-0.1, -0.05) is 24.3 Å². The number of fused-ring (bicyclic) bond motifs is 2. The highest BCUT2D eigenvalue weighted by molar-refractivity contribution is 6.01. The standard InChI is InChI=1S/C21H10N4O/c1-24-18(11-22)16-10-20(26-3)21(19(12-23)25-2)17-9-14-7-5-4-6-13(14)8-15(16)17/h4-10H,3H3/b18-16-,21-19+. The van der Waals surface area contributed by atoms with Crippen LogP contribution >= 0.6 is 0 Å². The molecule has 0 amide bonds. The van der Waals surface area contributed by atoms with Crippen LogP contribution < -0.4 is 15.2 Å². The van der Waals surface area contributed by atoms with E-state index in [2.05, 4.69) is 9.69 Å². The first-order valence-corrected chi connectivity index (χ1v) is 7.51. The Bertz CT molecular complexity index is 1320. The number of hydrogen-bond acceptors (Lipinski definition) is 3. The SMILES string of the molecule is [C-]#[N+]/C(C#N)=c1/cc(OC)/c(=C(\C#N)[N+]#[C-])c2cc3ccccc3cc12. The van der Waals surface area contributed by atoms with Gasteiger partial charge in [-0.3, -0.25) is 0 Å². The third kappa shape index (κ3) is 2.47. The molecule has 5 heteroatoms. The first kappa shape index (κ1) is 16.5. The van der Waals surface area contributed by atoms with Crippen LogP contribution in [0.3, 0.4) is 0 Å². The average Bonchev–Trinajstić information content (AvgIpc) is 2.69. The number of nitriles is 2. The second-order valence-corrected chi connectivity index (χ2v) is 5.39. The zero-order valence-corrected chi connectivity index (χ0v) is 13.7. The Hall–Kier alpha value is -4.32. The zero-order valence-electron chi connectivity index (χ0n) is 13.7. The van der Waals surface area contributed by atoms with E-state index in [1.807, 2.05) is 48.5 Å². The molecule has 0 saturated heterocycles. The predicted octanol–water partition coefficient (Wildman–Crippen LogP) is 3.10. The molecule has 0 radical (unpaired) electrons. The highest BCUT2D eigenvalue weighted by Gasteiger charge is 2.12. The van der Waals surface area contributed by atoms with E-state index < -0.39 is 0 Å². The van der Waals surface area contributed by atoms with Crippen LogP contribution in [0.2, 0.25) is 0 Å². The van der Waals surface area contributed by atoms with Gasteiger partial charge in [-0.05, 0) is 39.7 Å². The molecule has 0 atom stereocenters. The summed E-state index contributed by atoms with van der Waals surface area (Å²) >= 11 is 0. The van der Waals surface area contributed by atoms with Crippen molar-refractivity contribution in [1.29, 1.82) is 10.5 Å². The summed E-state index contributed by atoms with van der Waals surface area (Å²) in [6, 6.07) is 16.7. The van der Waals surface area contributed by atoms with Crippen molar-refractivity contribution in [3.8, 4) is 17.9 Å². The van der Waals surface area contributed by atoms with Gasteiger partial charge in [0.15, 0.2) is 0 Å². The third-order valence-corrected chi connectivity index (χ3v) is 4.11. The van der Waals surface area contributed by atoms with Crippen molar-refractivity contribution in [2.45, 2.75) is 0 Å². The summed E-state index contributed by atoms with van der Waals surface area (Å²) < 4.78 is 5.39. The minimum Gasteiger partial charge on any atom is -0.497 e. The van der Waals surface area contributed by atoms with Crippen molar-refractivity contribution >= 4 is 32.9 Å². The first-order chi connectivity index (χ1) is 12.7. The lowest BCUT2D eigenvalue weighted by molar-refractivity contribution is 0.412. The number of ether oxygens (including phenoxy) is 1. The topological polar surface area (TPSA) is 65.5 Å². The van der Waals surface area contributed by atoms with Gasteiger partial charge in [0.25, 0.3) is 11.4 Å². The van der Waals surface area contributed by atoms with Crippen molar-refractivity contribution in [2.75, 3.05) is 7.11 Å². The Kier molecular flexibility index (Phi) is 4.24. The molecular weight excluding hydrogens is 324 g/mol. The monoisotopic (exact) mass is 334 g/mol. The molecule has 0 fully saturated rings. The summed E-state index contributed by atoms with van der Waals surface area (Å²) in [7, 11) is 1.43. The molecule has 0 heterocycles. The number of benzene rings is 3. The van der Waals surface area contributed by atoms with Gasteiger partial charge in [-0.2, -0.15) is 0 Å². The van der Waals surface area contributed by atoms with Gasteiger partial charge in [-0.25, -0.2) is 20.2 Å². The Labute approximate surface area is 149 Å². The molecule has 0 spiro atoms. The highest BCUT2D eigenvalue weighted by atomic mass is 16.5. The Balaban J connectivity index is 2.82. The quantitative estimate of drug-likeness (QED) is 0.507. The van der Waals surface area contributed by atoms with Crippen LogP contribution in [0.1, 0.15) is 0 Å². The van der Waals surface area contributed by atoms with Gasteiger partial charge in [0.05, 0.1) is 32.4 Å². The molecular formula is C21H10N4O. The maximum absolute atomic E-state index is 9.38. The second-order valence-electron chi connectivity index (χ2n) is 5.39. The molecule has 5 nitrogen and oxygen atoms in total. The Morgan fingerprint density at radius 3 is 2.00 bits per heavy atom. The van der Waals surface area contributed by atoms with Crippen LogP contribution in [-0.4, -0.2) is 7.11 Å². The summed E-state index contributed by atoms with van der Waals surface area (Å²) in [4.78, 5) is 6.64. The molecule has 0 aliphatic heterocycles. The van der Waals surface area contributed by atoms with E-state index >= 15 is 0 Å². The Morgan fingerprint density at radius 1 is 0.923 bits per heavy atom. The number of methoxy groups -OCH3 is 1. The molecule has 3 aromatic rings. The van der Waals surface area contributed by atoms with Crippen LogP contribution in [0.4, 0.5) is 0 Å². The van der Waals surface area contributed by atoms with E-state index in [0.717, 1.165) is 10.8 Å². The molecule has 3 rings (SSSR count). The number of hydrogen-bond donors (Lipinski definition) is 0. The van der Waals surface area contributed by atoms with E-state index in [-0.39, 0.29) is 17.1 Å². The predicted molar refractivity (Wildman–Crippen MR) is 98.5 cm³/mol. The summed E-state index contributed by atoms with van der Waals surface area (Å²) in [6.07, 6.45) is 0. The summed E-state index contributed by atoms with van der Waals surface area (Å²) in [6.45, 7) is 14.6. The molecule has 120 valence electrons.